The molecule has 0 radical (unpaired) electrons. The van der Waals surface area contributed by atoms with E-state index in [1.807, 2.05) is 6.92 Å². The van der Waals surface area contributed by atoms with Crippen molar-refractivity contribution in [1.82, 2.24) is 10.6 Å². The van der Waals surface area contributed by atoms with E-state index in [0.717, 1.165) is 31.6 Å². The molecule has 0 saturated heterocycles. The lowest BCUT2D eigenvalue weighted by Gasteiger charge is -2.11. The van der Waals surface area contributed by atoms with E-state index in [1.54, 1.807) is 0 Å². The van der Waals surface area contributed by atoms with Crippen molar-refractivity contribution in [2.75, 3.05) is 32.9 Å². The first-order valence-electron chi connectivity index (χ1n) is 9.07. The van der Waals surface area contributed by atoms with Gasteiger partial charge in [-0.25, -0.2) is 4.99 Å². The molecule has 0 atom stereocenters. The van der Waals surface area contributed by atoms with Crippen molar-refractivity contribution in [1.29, 1.82) is 0 Å². The van der Waals surface area contributed by atoms with Gasteiger partial charge >= 0.3 is 0 Å². The van der Waals surface area contributed by atoms with Crippen LogP contribution in [0.4, 0.5) is 0 Å². The van der Waals surface area contributed by atoms with Crippen LogP contribution in [-0.2, 0) is 22.6 Å². The van der Waals surface area contributed by atoms with Crippen LogP contribution in [0.3, 0.4) is 0 Å². The highest BCUT2D eigenvalue weighted by Crippen LogP contribution is 2.27. The van der Waals surface area contributed by atoms with Crippen LogP contribution in [-0.4, -0.2) is 38.9 Å². The van der Waals surface area contributed by atoms with Gasteiger partial charge in [0.2, 0.25) is 0 Å². The number of hydrogen-bond acceptors (Lipinski definition) is 3. The first-order valence-corrected chi connectivity index (χ1v) is 9.07. The minimum Gasteiger partial charge on any atom is -0.379 e. The summed E-state index contributed by atoms with van der Waals surface area (Å²) >= 11 is 0. The summed E-state index contributed by atoms with van der Waals surface area (Å²) < 4.78 is 10.9. The molecule has 1 aromatic rings. The molecular weight excluding hydrogens is 302 g/mol. The summed E-state index contributed by atoms with van der Waals surface area (Å²) in [6.45, 7) is 9.30. The largest absolute Gasteiger partial charge is 0.379 e. The molecule has 0 bridgehead atoms. The Bertz CT molecular complexity index is 501. The van der Waals surface area contributed by atoms with E-state index in [1.165, 1.54) is 24.0 Å². The number of nitrogens with zero attached hydrogens (tertiary/aromatic N) is 1. The second kappa shape index (κ2) is 11.0. The third-order valence-corrected chi connectivity index (χ3v) is 3.86. The van der Waals surface area contributed by atoms with Gasteiger partial charge < -0.3 is 20.1 Å². The van der Waals surface area contributed by atoms with Crippen LogP contribution >= 0.6 is 0 Å². The van der Waals surface area contributed by atoms with E-state index in [0.29, 0.717) is 26.4 Å². The molecule has 1 aromatic carbocycles. The Morgan fingerprint density at radius 1 is 1.12 bits per heavy atom. The highest BCUT2D eigenvalue weighted by atomic mass is 16.5. The second-order valence-electron chi connectivity index (χ2n) is 6.09. The van der Waals surface area contributed by atoms with E-state index < -0.39 is 0 Å². The molecule has 1 aliphatic rings. The van der Waals surface area contributed by atoms with Crippen LogP contribution in [0.5, 0.6) is 0 Å². The van der Waals surface area contributed by atoms with Gasteiger partial charge in [0.25, 0.3) is 0 Å². The fourth-order valence-electron chi connectivity index (χ4n) is 2.35. The monoisotopic (exact) mass is 333 g/mol. The number of hydrogen-bond donors (Lipinski definition) is 2. The van der Waals surface area contributed by atoms with E-state index in [-0.39, 0.29) is 0 Å². The number of guanidine groups is 1. The van der Waals surface area contributed by atoms with E-state index in [9.17, 15) is 0 Å². The molecule has 0 aliphatic heterocycles. The lowest BCUT2D eigenvalue weighted by molar-refractivity contribution is 0.0453. The van der Waals surface area contributed by atoms with Crippen LogP contribution in [0.1, 0.15) is 37.8 Å². The molecule has 2 N–H and O–H groups in total. The van der Waals surface area contributed by atoms with Crippen LogP contribution in [0, 0.1) is 5.92 Å². The lowest BCUT2D eigenvalue weighted by Crippen LogP contribution is -2.38. The maximum Gasteiger partial charge on any atom is 0.191 e. The van der Waals surface area contributed by atoms with Gasteiger partial charge in [-0.2, -0.15) is 0 Å². The molecule has 134 valence electrons. The lowest BCUT2D eigenvalue weighted by atomic mass is 10.1. The zero-order valence-electron chi connectivity index (χ0n) is 15.0. The summed E-state index contributed by atoms with van der Waals surface area (Å²) in [5, 5.41) is 6.73. The van der Waals surface area contributed by atoms with Crippen molar-refractivity contribution >= 4 is 5.96 Å². The summed E-state index contributed by atoms with van der Waals surface area (Å²) in [5.41, 5.74) is 2.37. The average Bonchev–Trinajstić information content (AvgIpc) is 3.42. The average molecular weight is 333 g/mol. The van der Waals surface area contributed by atoms with Gasteiger partial charge in [0.15, 0.2) is 5.96 Å². The molecule has 5 nitrogen and oxygen atoms in total. The zero-order chi connectivity index (χ0) is 17.0. The Balaban J connectivity index is 1.79. The number of rotatable bonds is 11. The number of benzene rings is 1. The number of aliphatic imine (C=N–C) groups is 1. The van der Waals surface area contributed by atoms with E-state index in [2.05, 4.69) is 46.8 Å². The minimum atomic E-state index is 0.616. The highest BCUT2D eigenvalue weighted by Gasteiger charge is 2.20. The minimum absolute atomic E-state index is 0.616. The van der Waals surface area contributed by atoms with Crippen molar-refractivity contribution in [3.8, 4) is 0 Å². The molecule has 1 aliphatic carbocycles. The molecule has 2 rings (SSSR count). The first kappa shape index (κ1) is 18.7. The van der Waals surface area contributed by atoms with Gasteiger partial charge in [0.1, 0.15) is 0 Å². The normalized spacial score (nSPS) is 14.7. The summed E-state index contributed by atoms with van der Waals surface area (Å²) in [6.07, 6.45) is 2.69. The molecule has 5 heteroatoms. The summed E-state index contributed by atoms with van der Waals surface area (Å²) in [7, 11) is 0. The van der Waals surface area contributed by atoms with Gasteiger partial charge in [-0.1, -0.05) is 24.3 Å². The van der Waals surface area contributed by atoms with E-state index >= 15 is 0 Å². The topological polar surface area (TPSA) is 54.9 Å². The zero-order valence-corrected chi connectivity index (χ0v) is 15.0. The van der Waals surface area contributed by atoms with Crippen molar-refractivity contribution < 1.29 is 9.47 Å². The predicted molar refractivity (Wildman–Crippen MR) is 98.1 cm³/mol. The van der Waals surface area contributed by atoms with Crippen molar-refractivity contribution in [2.24, 2.45) is 10.9 Å². The van der Waals surface area contributed by atoms with Gasteiger partial charge in [-0.05, 0) is 43.7 Å². The molecule has 0 heterocycles. The Morgan fingerprint density at radius 2 is 1.92 bits per heavy atom. The first-order chi connectivity index (χ1) is 11.8. The molecule has 1 fully saturated rings. The molecule has 0 unspecified atom stereocenters. The Kier molecular flexibility index (Phi) is 8.63. The van der Waals surface area contributed by atoms with E-state index in [4.69, 9.17) is 9.47 Å². The van der Waals surface area contributed by atoms with Gasteiger partial charge in [-0.15, -0.1) is 0 Å². The Morgan fingerprint density at radius 3 is 2.67 bits per heavy atom. The Labute approximate surface area is 145 Å². The van der Waals surface area contributed by atoms with Gasteiger partial charge in [0.05, 0.1) is 26.4 Å². The van der Waals surface area contributed by atoms with Gasteiger partial charge in [-0.3, -0.25) is 0 Å². The maximum atomic E-state index is 5.63. The van der Waals surface area contributed by atoms with Gasteiger partial charge in [0, 0.05) is 19.7 Å². The smallest absolute Gasteiger partial charge is 0.191 e. The van der Waals surface area contributed by atoms with Crippen molar-refractivity contribution in [3.05, 3.63) is 35.4 Å². The standard InChI is InChI=1S/C19H31N3O2/c1-3-20-19(21-13-16-8-9-16)22-14-17-6-5-7-18(12-17)15-24-11-10-23-4-2/h5-7,12,16H,3-4,8-11,13-15H2,1-2H3,(H2,20,21,22). The third-order valence-electron chi connectivity index (χ3n) is 3.86. The molecule has 0 aromatic heterocycles. The van der Waals surface area contributed by atoms with Crippen molar-refractivity contribution in [2.45, 2.75) is 39.8 Å². The van der Waals surface area contributed by atoms with Crippen molar-refractivity contribution in [3.63, 3.8) is 0 Å². The van der Waals surface area contributed by atoms with Crippen LogP contribution in [0.25, 0.3) is 0 Å². The SMILES string of the molecule is CCNC(=NCc1cccc(COCCOCC)c1)NCC1CC1. The molecule has 0 spiro atoms. The maximum absolute atomic E-state index is 5.63. The highest BCUT2D eigenvalue weighted by molar-refractivity contribution is 5.79. The number of nitrogens with one attached hydrogen (secondary N) is 2. The Hall–Kier alpha value is -1.59. The third kappa shape index (κ3) is 7.79. The van der Waals surface area contributed by atoms with Crippen LogP contribution in [0.15, 0.2) is 29.3 Å². The molecule has 0 amide bonds. The molecule has 1 saturated carbocycles. The van der Waals surface area contributed by atoms with Crippen LogP contribution in [0.2, 0.25) is 0 Å². The predicted octanol–water partition coefficient (Wildman–Crippen LogP) is 2.70. The summed E-state index contributed by atoms with van der Waals surface area (Å²) in [4.78, 5) is 4.68. The number of ether oxygens (including phenoxy) is 2. The summed E-state index contributed by atoms with van der Waals surface area (Å²) in [5.74, 6) is 1.74. The fourth-order valence-corrected chi connectivity index (χ4v) is 2.35. The summed E-state index contributed by atoms with van der Waals surface area (Å²) in [6, 6.07) is 8.42. The second-order valence-corrected chi connectivity index (χ2v) is 6.09. The quantitative estimate of drug-likeness (QED) is 0.371. The van der Waals surface area contributed by atoms with Crippen LogP contribution < -0.4 is 10.6 Å². The molecular formula is C19H31N3O2. The molecule has 24 heavy (non-hydrogen) atoms. The fraction of sp³-hybridized carbons (Fsp3) is 0.632.